The first-order valence-electron chi connectivity index (χ1n) is 6.32. The van der Waals surface area contributed by atoms with E-state index in [4.69, 9.17) is 15.4 Å². The quantitative estimate of drug-likeness (QED) is 0.327. The Bertz CT molecular complexity index is 495. The summed E-state index contributed by atoms with van der Waals surface area (Å²) in [7, 11) is 0. The van der Waals surface area contributed by atoms with E-state index in [2.05, 4.69) is 31.3 Å². The minimum Gasteiger partial charge on any atom is -0.457 e. The van der Waals surface area contributed by atoms with Crippen molar-refractivity contribution in [2.24, 2.45) is 10.9 Å². The zero-order valence-electron chi connectivity index (χ0n) is 10.9. The third-order valence-corrected chi connectivity index (χ3v) is 3.91. The van der Waals surface area contributed by atoms with Gasteiger partial charge in [-0.1, -0.05) is 5.16 Å². The lowest BCUT2D eigenvalue weighted by atomic mass is 10.0. The molecule has 2 rings (SSSR count). The molecular formula is C12H17BrN4O3. The standard InChI is InChI=1S/C12H17BrN4O3/c13-11-9(3-6-20-11)12(18)15-8-1-4-17(5-2-8)7-10(14)16-19/h3,6,8,19H,1-2,4-5,7H2,(H2,14,16)(H,15,18). The van der Waals surface area contributed by atoms with Gasteiger partial charge in [0, 0.05) is 19.1 Å². The smallest absolute Gasteiger partial charge is 0.255 e. The Balaban J connectivity index is 1.80. The molecule has 1 aromatic heterocycles. The van der Waals surface area contributed by atoms with Crippen LogP contribution in [-0.4, -0.2) is 47.5 Å². The predicted octanol–water partition coefficient (Wildman–Crippen LogP) is 0.983. The van der Waals surface area contributed by atoms with Crippen molar-refractivity contribution in [3.05, 3.63) is 22.6 Å². The summed E-state index contributed by atoms with van der Waals surface area (Å²) in [5.74, 6) is 0.0651. The molecular weight excluding hydrogens is 328 g/mol. The van der Waals surface area contributed by atoms with Crippen molar-refractivity contribution in [3.63, 3.8) is 0 Å². The number of nitrogens with one attached hydrogen (secondary N) is 1. The van der Waals surface area contributed by atoms with Gasteiger partial charge in [0.2, 0.25) is 0 Å². The highest BCUT2D eigenvalue weighted by atomic mass is 79.9. The number of furan rings is 1. The summed E-state index contributed by atoms with van der Waals surface area (Å²) >= 11 is 3.19. The number of carbonyl (C=O) groups is 1. The zero-order valence-corrected chi connectivity index (χ0v) is 12.5. The normalized spacial score (nSPS) is 18.1. The van der Waals surface area contributed by atoms with Crippen molar-refractivity contribution in [3.8, 4) is 0 Å². The molecule has 0 spiro atoms. The molecule has 8 heteroatoms. The summed E-state index contributed by atoms with van der Waals surface area (Å²) in [6.07, 6.45) is 3.14. The van der Waals surface area contributed by atoms with Crippen molar-refractivity contribution in [1.82, 2.24) is 10.2 Å². The summed E-state index contributed by atoms with van der Waals surface area (Å²) in [4.78, 5) is 14.1. The number of rotatable bonds is 4. The number of hydrogen-bond acceptors (Lipinski definition) is 5. The number of likely N-dealkylation sites (tertiary alicyclic amines) is 1. The lowest BCUT2D eigenvalue weighted by molar-refractivity contribution is 0.0913. The highest BCUT2D eigenvalue weighted by Crippen LogP contribution is 2.18. The van der Waals surface area contributed by atoms with E-state index >= 15 is 0 Å². The highest BCUT2D eigenvalue weighted by Gasteiger charge is 2.22. The first kappa shape index (κ1) is 14.9. The molecule has 7 nitrogen and oxygen atoms in total. The monoisotopic (exact) mass is 344 g/mol. The Morgan fingerprint density at radius 3 is 2.85 bits per heavy atom. The molecule has 1 aliphatic rings. The van der Waals surface area contributed by atoms with Crippen LogP contribution in [0.25, 0.3) is 0 Å². The minimum absolute atomic E-state index is 0.132. The van der Waals surface area contributed by atoms with Crippen LogP contribution in [0, 0.1) is 0 Å². The molecule has 20 heavy (non-hydrogen) atoms. The maximum Gasteiger partial charge on any atom is 0.255 e. The van der Waals surface area contributed by atoms with E-state index in [1.165, 1.54) is 6.26 Å². The number of halogens is 1. The molecule has 0 radical (unpaired) electrons. The third kappa shape index (κ3) is 3.73. The number of nitrogens with two attached hydrogens (primary N) is 1. The van der Waals surface area contributed by atoms with Gasteiger partial charge in [0.1, 0.15) is 0 Å². The third-order valence-electron chi connectivity index (χ3n) is 3.30. The molecule has 1 aliphatic heterocycles. The zero-order chi connectivity index (χ0) is 14.5. The Kier molecular flexibility index (Phi) is 5.02. The van der Waals surface area contributed by atoms with Crippen molar-refractivity contribution in [2.45, 2.75) is 18.9 Å². The summed E-state index contributed by atoms with van der Waals surface area (Å²) in [6.45, 7) is 2.05. The summed E-state index contributed by atoms with van der Waals surface area (Å²) in [5.41, 5.74) is 5.98. The van der Waals surface area contributed by atoms with Crippen LogP contribution in [0.5, 0.6) is 0 Å². The maximum atomic E-state index is 12.0. The van der Waals surface area contributed by atoms with Gasteiger partial charge in [0.25, 0.3) is 5.91 Å². The second-order valence-electron chi connectivity index (χ2n) is 4.72. The number of amidine groups is 1. The Morgan fingerprint density at radius 1 is 1.60 bits per heavy atom. The van der Waals surface area contributed by atoms with Crippen LogP contribution in [0.4, 0.5) is 0 Å². The van der Waals surface area contributed by atoms with E-state index in [1.807, 2.05) is 0 Å². The predicted molar refractivity (Wildman–Crippen MR) is 76.7 cm³/mol. The van der Waals surface area contributed by atoms with Crippen LogP contribution in [-0.2, 0) is 0 Å². The van der Waals surface area contributed by atoms with Crippen molar-refractivity contribution >= 4 is 27.7 Å². The van der Waals surface area contributed by atoms with Gasteiger partial charge in [0.05, 0.1) is 18.4 Å². The van der Waals surface area contributed by atoms with Crippen LogP contribution in [0.1, 0.15) is 23.2 Å². The van der Waals surface area contributed by atoms with Gasteiger partial charge in [-0.3, -0.25) is 9.69 Å². The Hall–Kier alpha value is -1.54. The van der Waals surface area contributed by atoms with Crippen LogP contribution in [0.2, 0.25) is 0 Å². The van der Waals surface area contributed by atoms with Crippen LogP contribution < -0.4 is 11.1 Å². The van der Waals surface area contributed by atoms with E-state index in [-0.39, 0.29) is 17.8 Å². The van der Waals surface area contributed by atoms with Crippen LogP contribution in [0.3, 0.4) is 0 Å². The molecule has 0 bridgehead atoms. The van der Waals surface area contributed by atoms with Crippen LogP contribution >= 0.6 is 15.9 Å². The van der Waals surface area contributed by atoms with E-state index < -0.39 is 0 Å². The van der Waals surface area contributed by atoms with Gasteiger partial charge in [-0.2, -0.15) is 0 Å². The van der Waals surface area contributed by atoms with Gasteiger partial charge >= 0.3 is 0 Å². The SMILES string of the molecule is N/C(CN1CCC(NC(=O)c2ccoc2Br)CC1)=N/O. The molecule has 1 fully saturated rings. The average molecular weight is 345 g/mol. The number of oxime groups is 1. The minimum atomic E-state index is -0.138. The average Bonchev–Trinajstić information content (AvgIpc) is 2.87. The maximum absolute atomic E-state index is 12.0. The second-order valence-corrected chi connectivity index (χ2v) is 5.44. The topological polar surface area (TPSA) is 104 Å². The fourth-order valence-electron chi connectivity index (χ4n) is 2.22. The lowest BCUT2D eigenvalue weighted by Gasteiger charge is -2.31. The van der Waals surface area contributed by atoms with Gasteiger partial charge in [-0.05, 0) is 34.8 Å². The lowest BCUT2D eigenvalue weighted by Crippen LogP contribution is -2.46. The van der Waals surface area contributed by atoms with E-state index in [0.717, 1.165) is 25.9 Å². The van der Waals surface area contributed by atoms with Crippen molar-refractivity contribution in [1.29, 1.82) is 0 Å². The number of carbonyl (C=O) groups excluding carboxylic acids is 1. The largest absolute Gasteiger partial charge is 0.457 e. The molecule has 2 heterocycles. The highest BCUT2D eigenvalue weighted by molar-refractivity contribution is 9.10. The van der Waals surface area contributed by atoms with Crippen molar-refractivity contribution < 1.29 is 14.4 Å². The number of hydrogen-bond donors (Lipinski definition) is 3. The molecule has 1 aromatic rings. The van der Waals surface area contributed by atoms with E-state index in [9.17, 15) is 4.79 Å². The van der Waals surface area contributed by atoms with E-state index in [1.54, 1.807) is 6.07 Å². The van der Waals surface area contributed by atoms with Gasteiger partial charge in [-0.25, -0.2) is 0 Å². The van der Waals surface area contributed by atoms with Gasteiger partial charge < -0.3 is 20.7 Å². The summed E-state index contributed by atoms with van der Waals surface area (Å²) in [5, 5.41) is 14.5. The molecule has 0 saturated carbocycles. The number of piperidine rings is 1. The molecule has 4 N–H and O–H groups in total. The summed E-state index contributed by atoms with van der Waals surface area (Å²) < 4.78 is 5.49. The molecule has 0 aliphatic carbocycles. The Labute approximate surface area is 124 Å². The molecule has 1 saturated heterocycles. The molecule has 0 aromatic carbocycles. The molecule has 0 unspecified atom stereocenters. The molecule has 110 valence electrons. The first-order chi connectivity index (χ1) is 9.60. The number of nitrogens with zero attached hydrogens (tertiary/aromatic N) is 2. The fourth-order valence-corrected chi connectivity index (χ4v) is 2.64. The first-order valence-corrected chi connectivity index (χ1v) is 7.12. The Morgan fingerprint density at radius 2 is 2.30 bits per heavy atom. The van der Waals surface area contributed by atoms with Gasteiger partial charge in [-0.15, -0.1) is 0 Å². The fraction of sp³-hybridized carbons (Fsp3) is 0.500. The van der Waals surface area contributed by atoms with E-state index in [0.29, 0.717) is 16.8 Å². The van der Waals surface area contributed by atoms with Gasteiger partial charge in [0.15, 0.2) is 10.5 Å². The second kappa shape index (κ2) is 6.76. The van der Waals surface area contributed by atoms with Crippen LogP contribution in [0.15, 0.2) is 26.6 Å². The number of amides is 1. The molecule has 1 amide bonds. The van der Waals surface area contributed by atoms with Crippen molar-refractivity contribution in [2.75, 3.05) is 19.6 Å². The molecule has 0 atom stereocenters. The summed E-state index contributed by atoms with van der Waals surface area (Å²) in [6, 6.07) is 1.76.